The second kappa shape index (κ2) is 10.3. The molecule has 0 aromatic heterocycles. The lowest BCUT2D eigenvalue weighted by atomic mass is 9.56. The number of benzene rings is 1. The molecule has 7 aliphatic rings. The van der Waals surface area contributed by atoms with Gasteiger partial charge < -0.3 is 10.1 Å². The van der Waals surface area contributed by atoms with Crippen LogP contribution in [-0.2, 0) is 20.7 Å². The summed E-state index contributed by atoms with van der Waals surface area (Å²) in [4.78, 5) is 27.8. The Morgan fingerprint density at radius 2 is 1.89 bits per heavy atom. The monoisotopic (exact) mass is 598 g/mol. The molecule has 5 aliphatic carbocycles. The third kappa shape index (κ3) is 4.09. The highest BCUT2D eigenvalue weighted by Crippen LogP contribution is 2.87. The molecular formula is C39H54N2O3. The largest absolute Gasteiger partial charge is 0.369 e. The summed E-state index contributed by atoms with van der Waals surface area (Å²) in [5.74, 6) is 4.02. The number of ketones is 1. The van der Waals surface area contributed by atoms with Gasteiger partial charge in [-0.05, 0) is 104 Å². The van der Waals surface area contributed by atoms with Gasteiger partial charge in [-0.2, -0.15) is 0 Å². The smallest absolute Gasteiger partial charge is 0.220 e. The Kier molecular flexibility index (Phi) is 6.86. The number of piperidine rings is 1. The number of ether oxygens (including phenoxy) is 1. The average Bonchev–Trinajstić information content (AvgIpc) is 3.34. The molecule has 2 spiro atoms. The van der Waals surface area contributed by atoms with Crippen LogP contribution < -0.4 is 5.32 Å². The van der Waals surface area contributed by atoms with Gasteiger partial charge in [0.05, 0.1) is 11.7 Å². The van der Waals surface area contributed by atoms with E-state index in [-0.39, 0.29) is 22.3 Å². The number of hydrogen-bond acceptors (Lipinski definition) is 4. The zero-order valence-corrected chi connectivity index (χ0v) is 27.6. The first kappa shape index (κ1) is 29.4. The number of nitrogens with zero attached hydrogens (tertiary/aromatic N) is 1. The van der Waals surface area contributed by atoms with E-state index < -0.39 is 0 Å². The lowest BCUT2D eigenvalue weighted by molar-refractivity contribution is -0.148. The van der Waals surface area contributed by atoms with Gasteiger partial charge in [-0.15, -0.1) is 0 Å². The molecule has 11 atom stereocenters. The topological polar surface area (TPSA) is 58.6 Å². The Morgan fingerprint density at radius 1 is 1.07 bits per heavy atom. The fraction of sp³-hybridized carbons (Fsp3) is 0.744. The SMILES string of the molecule is C[C@H]1C[C@H]2OC3(CC[C@H]4[C@@H]5CCC6=CC(=O)CC[C@]6(C)[C@H]5CC45CC53C)[C@H](C)[C@@H]2N(CCNC(=O)CCc2ccccc2)C1. The van der Waals surface area contributed by atoms with E-state index in [1.807, 2.05) is 18.2 Å². The third-order valence-corrected chi connectivity index (χ3v) is 15.1. The average molecular weight is 599 g/mol. The zero-order chi connectivity index (χ0) is 30.5. The van der Waals surface area contributed by atoms with E-state index in [9.17, 15) is 9.59 Å². The number of carbonyl (C=O) groups is 2. The van der Waals surface area contributed by atoms with Crippen molar-refractivity contribution in [2.75, 3.05) is 19.6 Å². The molecule has 0 bridgehead atoms. The van der Waals surface area contributed by atoms with E-state index in [1.54, 1.807) is 0 Å². The van der Waals surface area contributed by atoms with Crippen LogP contribution in [0.1, 0.15) is 97.5 Å². The zero-order valence-electron chi connectivity index (χ0n) is 27.6. The minimum Gasteiger partial charge on any atom is -0.369 e. The van der Waals surface area contributed by atoms with E-state index in [2.05, 4.69) is 56.1 Å². The first-order valence-corrected chi connectivity index (χ1v) is 18.1. The summed E-state index contributed by atoms with van der Waals surface area (Å²) in [6.45, 7) is 12.8. The predicted octanol–water partition coefficient (Wildman–Crippen LogP) is 6.75. The van der Waals surface area contributed by atoms with E-state index in [0.717, 1.165) is 62.9 Å². The molecule has 2 aliphatic heterocycles. The van der Waals surface area contributed by atoms with Crippen molar-refractivity contribution >= 4 is 11.7 Å². The van der Waals surface area contributed by atoms with Gasteiger partial charge >= 0.3 is 0 Å². The fourth-order valence-corrected chi connectivity index (χ4v) is 13.0. The molecule has 1 aromatic carbocycles. The number of fused-ring (bicyclic) bond motifs is 6. The van der Waals surface area contributed by atoms with Gasteiger partial charge in [-0.3, -0.25) is 14.5 Å². The Balaban J connectivity index is 0.973. The van der Waals surface area contributed by atoms with Crippen molar-refractivity contribution in [3.8, 4) is 0 Å². The molecule has 6 fully saturated rings. The number of amides is 1. The number of nitrogens with one attached hydrogen (secondary N) is 1. The van der Waals surface area contributed by atoms with Crippen LogP contribution in [0.5, 0.6) is 0 Å². The van der Waals surface area contributed by atoms with Crippen molar-refractivity contribution in [1.29, 1.82) is 0 Å². The van der Waals surface area contributed by atoms with Crippen molar-refractivity contribution in [3.05, 3.63) is 47.5 Å². The molecule has 5 heteroatoms. The molecule has 8 rings (SSSR count). The lowest BCUT2D eigenvalue weighted by Crippen LogP contribution is -2.55. The Morgan fingerprint density at radius 3 is 2.70 bits per heavy atom. The lowest BCUT2D eigenvalue weighted by Gasteiger charge is -2.50. The summed E-state index contributed by atoms with van der Waals surface area (Å²) in [7, 11) is 0. The summed E-state index contributed by atoms with van der Waals surface area (Å²) >= 11 is 0. The molecule has 4 saturated carbocycles. The van der Waals surface area contributed by atoms with Crippen molar-refractivity contribution in [2.45, 2.75) is 116 Å². The van der Waals surface area contributed by atoms with Gasteiger partial charge in [0.25, 0.3) is 0 Å². The molecule has 2 heterocycles. The maximum Gasteiger partial charge on any atom is 0.220 e. The number of aryl methyl sites for hydroxylation is 1. The van der Waals surface area contributed by atoms with E-state index in [0.29, 0.717) is 48.1 Å². The maximum absolute atomic E-state index is 12.7. The van der Waals surface area contributed by atoms with Crippen LogP contribution in [0, 0.1) is 45.8 Å². The van der Waals surface area contributed by atoms with Crippen LogP contribution >= 0.6 is 0 Å². The summed E-state index contributed by atoms with van der Waals surface area (Å²) in [5.41, 5.74) is 3.58. The minimum absolute atomic E-state index is 0.0321. The van der Waals surface area contributed by atoms with E-state index in [4.69, 9.17) is 4.74 Å². The van der Waals surface area contributed by atoms with Crippen LogP contribution in [-0.4, -0.2) is 54.0 Å². The number of allylic oxidation sites excluding steroid dienone is 2. The normalized spacial score (nSPS) is 47.2. The quantitative estimate of drug-likeness (QED) is 0.394. The van der Waals surface area contributed by atoms with E-state index >= 15 is 0 Å². The molecule has 3 unspecified atom stereocenters. The van der Waals surface area contributed by atoms with Gasteiger partial charge in [0, 0.05) is 49.9 Å². The van der Waals surface area contributed by atoms with Crippen LogP contribution in [0.4, 0.5) is 0 Å². The summed E-state index contributed by atoms with van der Waals surface area (Å²) < 4.78 is 7.50. The summed E-state index contributed by atoms with van der Waals surface area (Å²) in [5, 5.41) is 3.24. The Labute approximate surface area is 264 Å². The van der Waals surface area contributed by atoms with Crippen molar-refractivity contribution in [2.24, 2.45) is 45.8 Å². The van der Waals surface area contributed by atoms with Crippen LogP contribution in [0.15, 0.2) is 42.0 Å². The number of rotatable bonds is 6. The van der Waals surface area contributed by atoms with Crippen molar-refractivity contribution < 1.29 is 14.3 Å². The first-order valence-electron chi connectivity index (χ1n) is 18.1. The maximum atomic E-state index is 12.7. The van der Waals surface area contributed by atoms with Gasteiger partial charge in [-0.25, -0.2) is 0 Å². The molecule has 44 heavy (non-hydrogen) atoms. The van der Waals surface area contributed by atoms with Crippen LogP contribution in [0.25, 0.3) is 0 Å². The van der Waals surface area contributed by atoms with Gasteiger partial charge in [0.1, 0.15) is 0 Å². The molecule has 1 aromatic rings. The van der Waals surface area contributed by atoms with Gasteiger partial charge in [-0.1, -0.05) is 63.6 Å². The van der Waals surface area contributed by atoms with Crippen molar-refractivity contribution in [1.82, 2.24) is 10.2 Å². The third-order valence-electron chi connectivity index (χ3n) is 15.1. The highest BCUT2D eigenvalue weighted by molar-refractivity contribution is 5.91. The fourth-order valence-electron chi connectivity index (χ4n) is 13.0. The molecule has 238 valence electrons. The van der Waals surface area contributed by atoms with Crippen LogP contribution in [0.3, 0.4) is 0 Å². The summed E-state index contributed by atoms with van der Waals surface area (Å²) in [6.07, 6.45) is 14.3. The molecule has 2 saturated heterocycles. The number of hydrogen-bond donors (Lipinski definition) is 1. The molecule has 0 radical (unpaired) electrons. The number of likely N-dealkylation sites (tertiary alicyclic amines) is 1. The molecule has 1 N–H and O–H groups in total. The van der Waals surface area contributed by atoms with E-state index in [1.165, 1.54) is 43.2 Å². The van der Waals surface area contributed by atoms with Crippen molar-refractivity contribution in [3.63, 3.8) is 0 Å². The van der Waals surface area contributed by atoms with Gasteiger partial charge in [0.15, 0.2) is 5.78 Å². The molecule has 5 nitrogen and oxygen atoms in total. The highest BCUT2D eigenvalue weighted by atomic mass is 16.5. The van der Waals surface area contributed by atoms with Crippen LogP contribution in [0.2, 0.25) is 0 Å². The minimum atomic E-state index is -0.0321. The summed E-state index contributed by atoms with van der Waals surface area (Å²) in [6, 6.07) is 10.8. The second-order valence-electron chi connectivity index (χ2n) is 16.9. The Hall–Kier alpha value is -1.98. The Bertz CT molecular complexity index is 1360. The standard InChI is InChI=1S/C39H54N2O3/c1-25-20-33-35(41(23-25)19-18-40-34(43)13-10-27-8-6-5-7-9-27)26(2)39(44-33)17-15-31-30-12-11-28-21-29(42)14-16-36(28,3)32(30)22-38(31)24-37(38,39)4/h5-9,21,25-26,30-33,35H,10-20,22-24H2,1-4H3,(H,40,43)/t25-,26+,30-,31-,32-,33+,35-,36-,37?,38?,39?/m0/s1. The molecular weight excluding hydrogens is 544 g/mol. The number of carbonyl (C=O) groups excluding carboxylic acids is 2. The predicted molar refractivity (Wildman–Crippen MR) is 173 cm³/mol. The highest BCUT2D eigenvalue weighted by Gasteiger charge is 2.84. The van der Waals surface area contributed by atoms with Gasteiger partial charge in [0.2, 0.25) is 5.91 Å². The molecule has 1 amide bonds. The first-order chi connectivity index (χ1) is 21.1. The second-order valence-corrected chi connectivity index (χ2v) is 16.9.